The van der Waals surface area contributed by atoms with Crippen LogP contribution in [0, 0.1) is 0 Å². The lowest BCUT2D eigenvalue weighted by atomic mass is 10.0. The zero-order valence-electron chi connectivity index (χ0n) is 11.3. The van der Waals surface area contributed by atoms with E-state index in [0.29, 0.717) is 12.6 Å². The van der Waals surface area contributed by atoms with Gasteiger partial charge in [-0.2, -0.15) is 0 Å². The Morgan fingerprint density at radius 1 is 1.28 bits per heavy atom. The first-order chi connectivity index (χ1) is 8.79. The predicted molar refractivity (Wildman–Crippen MR) is 75.0 cm³/mol. The van der Waals surface area contributed by atoms with E-state index in [9.17, 15) is 0 Å². The molecule has 1 unspecified atom stereocenters. The third-order valence-corrected chi connectivity index (χ3v) is 3.72. The highest BCUT2D eigenvalue weighted by Crippen LogP contribution is 2.18. The van der Waals surface area contributed by atoms with E-state index in [1.54, 1.807) is 0 Å². The van der Waals surface area contributed by atoms with E-state index in [2.05, 4.69) is 24.1 Å². The van der Waals surface area contributed by atoms with E-state index in [0.717, 1.165) is 18.8 Å². The molecule has 1 aromatic carbocycles. The Morgan fingerprint density at radius 2 is 2.06 bits per heavy atom. The molecule has 1 aliphatic rings. The summed E-state index contributed by atoms with van der Waals surface area (Å²) < 4.78 is 5.88. The third kappa shape index (κ3) is 3.72. The van der Waals surface area contributed by atoms with Crippen LogP contribution >= 0.6 is 0 Å². The van der Waals surface area contributed by atoms with Gasteiger partial charge in [-0.1, -0.05) is 18.6 Å². The molecule has 1 saturated heterocycles. The highest BCUT2D eigenvalue weighted by atomic mass is 16.5. The molecule has 1 aromatic rings. The molecule has 0 aliphatic carbocycles. The maximum Gasteiger partial charge on any atom is 0.119 e. The molecule has 0 aromatic heterocycles. The van der Waals surface area contributed by atoms with Crippen LogP contribution in [0.2, 0.25) is 0 Å². The summed E-state index contributed by atoms with van der Waals surface area (Å²) in [6, 6.07) is 8.88. The van der Waals surface area contributed by atoms with Gasteiger partial charge in [0.05, 0.1) is 0 Å². The molecule has 100 valence electrons. The van der Waals surface area contributed by atoms with Crippen molar-refractivity contribution < 1.29 is 4.74 Å². The van der Waals surface area contributed by atoms with Gasteiger partial charge in [-0.15, -0.1) is 0 Å². The number of hydrogen-bond acceptors (Lipinski definition) is 3. The zero-order chi connectivity index (χ0) is 12.8. The standard InChI is InChI=1S/C15H24N2O/c1-17-11-3-2-4-14(17)12-18-15-7-5-13(6-8-15)9-10-16/h5-8,14H,2-4,9-12,16H2,1H3. The van der Waals surface area contributed by atoms with Crippen LogP contribution in [0.1, 0.15) is 24.8 Å². The van der Waals surface area contributed by atoms with Gasteiger partial charge in [0.25, 0.3) is 0 Å². The van der Waals surface area contributed by atoms with Crippen molar-refractivity contribution in [1.29, 1.82) is 0 Å². The molecule has 3 nitrogen and oxygen atoms in total. The number of likely N-dealkylation sites (tertiary alicyclic amines) is 1. The van der Waals surface area contributed by atoms with Gasteiger partial charge in [-0.25, -0.2) is 0 Å². The second kappa shape index (κ2) is 6.76. The van der Waals surface area contributed by atoms with E-state index < -0.39 is 0 Å². The van der Waals surface area contributed by atoms with Crippen molar-refractivity contribution in [2.24, 2.45) is 5.73 Å². The fourth-order valence-corrected chi connectivity index (χ4v) is 2.47. The minimum atomic E-state index is 0.572. The Bertz CT molecular complexity index is 350. The van der Waals surface area contributed by atoms with Crippen molar-refractivity contribution in [2.75, 3.05) is 26.7 Å². The first-order valence-corrected chi connectivity index (χ1v) is 6.91. The molecule has 0 saturated carbocycles. The molecule has 0 amide bonds. The topological polar surface area (TPSA) is 38.5 Å². The van der Waals surface area contributed by atoms with E-state index >= 15 is 0 Å². The maximum absolute atomic E-state index is 5.88. The van der Waals surface area contributed by atoms with Gasteiger partial charge < -0.3 is 15.4 Å². The Morgan fingerprint density at radius 3 is 2.72 bits per heavy atom. The van der Waals surface area contributed by atoms with Gasteiger partial charge in [0.2, 0.25) is 0 Å². The molecule has 1 atom stereocenters. The minimum absolute atomic E-state index is 0.572. The quantitative estimate of drug-likeness (QED) is 0.866. The molecule has 2 N–H and O–H groups in total. The number of benzene rings is 1. The summed E-state index contributed by atoms with van der Waals surface area (Å²) in [6.45, 7) is 2.70. The fraction of sp³-hybridized carbons (Fsp3) is 0.600. The van der Waals surface area contributed by atoms with Crippen LogP contribution in [0.15, 0.2) is 24.3 Å². The molecule has 1 fully saturated rings. The first-order valence-electron chi connectivity index (χ1n) is 6.91. The summed E-state index contributed by atoms with van der Waals surface area (Å²) in [5, 5.41) is 0. The predicted octanol–water partition coefficient (Wildman–Crippen LogP) is 2.05. The third-order valence-electron chi connectivity index (χ3n) is 3.72. The molecule has 18 heavy (non-hydrogen) atoms. The van der Waals surface area contributed by atoms with Gasteiger partial charge in [-0.05, 0) is 57.1 Å². The summed E-state index contributed by atoms with van der Waals surface area (Å²) in [4.78, 5) is 2.41. The second-order valence-corrected chi connectivity index (χ2v) is 5.12. The van der Waals surface area contributed by atoms with Crippen molar-refractivity contribution in [2.45, 2.75) is 31.7 Å². The summed E-state index contributed by atoms with van der Waals surface area (Å²) in [6.07, 6.45) is 4.84. The van der Waals surface area contributed by atoms with Crippen molar-refractivity contribution in [3.8, 4) is 5.75 Å². The van der Waals surface area contributed by atoms with Crippen LogP contribution in [0.4, 0.5) is 0 Å². The van der Waals surface area contributed by atoms with Crippen LogP contribution in [0.3, 0.4) is 0 Å². The lowest BCUT2D eigenvalue weighted by molar-refractivity contribution is 0.125. The molecule has 1 aliphatic heterocycles. The van der Waals surface area contributed by atoms with Gasteiger partial charge in [-0.3, -0.25) is 0 Å². The molecule has 0 spiro atoms. The van der Waals surface area contributed by atoms with Gasteiger partial charge in [0.15, 0.2) is 0 Å². The van der Waals surface area contributed by atoms with Crippen LogP contribution < -0.4 is 10.5 Å². The Kier molecular flexibility index (Phi) is 5.02. The van der Waals surface area contributed by atoms with Gasteiger partial charge >= 0.3 is 0 Å². The van der Waals surface area contributed by atoms with E-state index in [-0.39, 0.29) is 0 Å². The smallest absolute Gasteiger partial charge is 0.119 e. The van der Waals surface area contributed by atoms with E-state index in [1.807, 2.05) is 12.1 Å². The van der Waals surface area contributed by atoms with Crippen molar-refractivity contribution in [3.05, 3.63) is 29.8 Å². The molecule has 0 bridgehead atoms. The average molecular weight is 248 g/mol. The van der Waals surface area contributed by atoms with Crippen molar-refractivity contribution in [1.82, 2.24) is 4.90 Å². The molecule has 3 heteroatoms. The molecule has 2 rings (SSSR count). The average Bonchev–Trinajstić information content (AvgIpc) is 2.40. The van der Waals surface area contributed by atoms with Gasteiger partial charge in [0, 0.05) is 6.04 Å². The number of rotatable bonds is 5. The summed E-state index contributed by atoms with van der Waals surface area (Å²) >= 11 is 0. The Hall–Kier alpha value is -1.06. The lowest BCUT2D eigenvalue weighted by Crippen LogP contribution is -2.40. The van der Waals surface area contributed by atoms with E-state index in [4.69, 9.17) is 10.5 Å². The first kappa shape index (κ1) is 13.4. The molecular formula is C15H24N2O. The number of hydrogen-bond donors (Lipinski definition) is 1. The van der Waals surface area contributed by atoms with Crippen molar-refractivity contribution >= 4 is 0 Å². The molecular weight excluding hydrogens is 224 g/mol. The number of nitrogens with two attached hydrogens (primary N) is 1. The SMILES string of the molecule is CN1CCCCC1COc1ccc(CCN)cc1. The highest BCUT2D eigenvalue weighted by Gasteiger charge is 2.19. The van der Waals surface area contributed by atoms with Gasteiger partial charge in [0.1, 0.15) is 12.4 Å². The fourth-order valence-electron chi connectivity index (χ4n) is 2.47. The van der Waals surface area contributed by atoms with Crippen LogP contribution in [0.5, 0.6) is 5.75 Å². The van der Waals surface area contributed by atoms with Crippen LogP contribution in [-0.2, 0) is 6.42 Å². The highest BCUT2D eigenvalue weighted by molar-refractivity contribution is 5.27. The minimum Gasteiger partial charge on any atom is -0.492 e. The van der Waals surface area contributed by atoms with Crippen LogP contribution in [-0.4, -0.2) is 37.7 Å². The maximum atomic E-state index is 5.88. The molecule has 1 heterocycles. The normalized spacial score (nSPS) is 20.9. The Balaban J connectivity index is 1.82. The lowest BCUT2D eigenvalue weighted by Gasteiger charge is -2.32. The zero-order valence-corrected chi connectivity index (χ0v) is 11.3. The number of piperidine rings is 1. The van der Waals surface area contributed by atoms with Crippen LogP contribution in [0.25, 0.3) is 0 Å². The Labute approximate surface area is 110 Å². The number of likely N-dealkylation sites (N-methyl/N-ethyl adjacent to an activating group) is 1. The van der Waals surface area contributed by atoms with Crippen molar-refractivity contribution in [3.63, 3.8) is 0 Å². The summed E-state index contributed by atoms with van der Waals surface area (Å²) in [5.41, 5.74) is 6.81. The molecule has 0 radical (unpaired) electrons. The monoisotopic (exact) mass is 248 g/mol. The summed E-state index contributed by atoms with van der Waals surface area (Å²) in [7, 11) is 2.19. The van der Waals surface area contributed by atoms with E-state index in [1.165, 1.54) is 31.4 Å². The largest absolute Gasteiger partial charge is 0.492 e. The summed E-state index contributed by atoms with van der Waals surface area (Å²) in [5.74, 6) is 0.967. The number of ether oxygens (including phenoxy) is 1. The second-order valence-electron chi connectivity index (χ2n) is 5.12. The number of nitrogens with zero attached hydrogens (tertiary/aromatic N) is 1.